The minimum absolute atomic E-state index is 0.224. The third-order valence-electron chi connectivity index (χ3n) is 5.01. The third kappa shape index (κ3) is 6.60. The smallest absolute Gasteiger partial charge is 0.339 e. The van der Waals surface area contributed by atoms with Crippen LogP contribution < -0.4 is 16.6 Å². The van der Waals surface area contributed by atoms with Crippen LogP contribution in [0.25, 0.3) is 0 Å². The van der Waals surface area contributed by atoms with Gasteiger partial charge in [-0.1, -0.05) is 5.21 Å². The Morgan fingerprint density at radius 1 is 1.36 bits per heavy atom. The van der Waals surface area contributed by atoms with Gasteiger partial charge in [0.25, 0.3) is 5.56 Å². The Bertz CT molecular complexity index is 1110. The van der Waals surface area contributed by atoms with E-state index in [9.17, 15) is 19.2 Å². The van der Waals surface area contributed by atoms with Crippen LogP contribution in [0.4, 0.5) is 0 Å². The van der Waals surface area contributed by atoms with E-state index in [1.807, 2.05) is 20.8 Å². The van der Waals surface area contributed by atoms with Crippen molar-refractivity contribution in [1.82, 2.24) is 29.9 Å². The normalized spacial score (nSPS) is 19.3. The van der Waals surface area contributed by atoms with Crippen LogP contribution in [0.3, 0.4) is 0 Å². The van der Waals surface area contributed by atoms with Crippen molar-refractivity contribution in [2.24, 2.45) is 0 Å². The van der Waals surface area contributed by atoms with Gasteiger partial charge in [0.15, 0.2) is 5.60 Å². The second kappa shape index (κ2) is 9.69. The minimum atomic E-state index is -1.07. The number of ether oxygens (including phenoxy) is 2. The lowest BCUT2D eigenvalue weighted by atomic mass is 9.94. The first-order valence-electron chi connectivity index (χ1n) is 10.8. The van der Waals surface area contributed by atoms with Crippen molar-refractivity contribution in [2.45, 2.75) is 77.3 Å². The zero-order valence-corrected chi connectivity index (χ0v) is 19.3. The molecule has 2 N–H and O–H groups in total. The molecule has 1 aliphatic heterocycles. The average Bonchev–Trinajstić information content (AvgIpc) is 3.33. The molecule has 3 heterocycles. The molecule has 33 heavy (non-hydrogen) atoms. The number of esters is 1. The number of carbonyl (C=O) groups excluding carboxylic acids is 2. The molecule has 2 aromatic heterocycles. The molecule has 0 radical (unpaired) electrons. The lowest BCUT2D eigenvalue weighted by Gasteiger charge is -2.29. The van der Waals surface area contributed by atoms with E-state index in [-0.39, 0.29) is 24.9 Å². The zero-order valence-electron chi connectivity index (χ0n) is 19.3. The number of hydrogen-bond acceptors (Lipinski definition) is 8. The summed E-state index contributed by atoms with van der Waals surface area (Å²) in [7, 11) is 0. The van der Waals surface area contributed by atoms with Crippen molar-refractivity contribution in [1.29, 1.82) is 0 Å². The fraction of sp³-hybridized carbons (Fsp3) is 0.619. The van der Waals surface area contributed by atoms with Gasteiger partial charge in [-0.15, -0.1) is 5.10 Å². The van der Waals surface area contributed by atoms with Gasteiger partial charge in [0.1, 0.15) is 12.1 Å². The molecule has 0 saturated carbocycles. The Morgan fingerprint density at radius 2 is 2.12 bits per heavy atom. The predicted molar refractivity (Wildman–Crippen MR) is 116 cm³/mol. The highest BCUT2D eigenvalue weighted by Crippen LogP contribution is 2.32. The van der Waals surface area contributed by atoms with Gasteiger partial charge in [0.2, 0.25) is 5.91 Å². The molecule has 1 saturated heterocycles. The molecule has 1 unspecified atom stereocenters. The molecular formula is C21H30N6O6. The lowest BCUT2D eigenvalue weighted by Crippen LogP contribution is -2.45. The standard InChI is InChI=1S/C21H30N6O6/c1-14(22-17(29)13-26-8-6-16(28)23-19(26)31)11-27-12-15(24-25-27)10-21(7-5-9-32-21)18(30)33-20(2,3)4/h6,8,12,14H,5,7,9-11,13H2,1-4H3,(H,22,29)(H,23,28,31)/t14-,21?/m0/s1. The number of aromatic nitrogens is 5. The molecule has 0 spiro atoms. The summed E-state index contributed by atoms with van der Waals surface area (Å²) in [5, 5.41) is 11.0. The van der Waals surface area contributed by atoms with Gasteiger partial charge in [-0.25, -0.2) is 9.59 Å². The number of amides is 1. The molecule has 1 amide bonds. The van der Waals surface area contributed by atoms with Crippen LogP contribution in [0.2, 0.25) is 0 Å². The largest absolute Gasteiger partial charge is 0.458 e. The summed E-state index contributed by atoms with van der Waals surface area (Å²) >= 11 is 0. The monoisotopic (exact) mass is 462 g/mol. The number of H-pyrrole nitrogens is 1. The van der Waals surface area contributed by atoms with Crippen LogP contribution in [-0.4, -0.2) is 60.3 Å². The Hall–Kier alpha value is -3.28. The Kier molecular flexibility index (Phi) is 7.15. The SMILES string of the molecule is C[C@@H](Cn1cc(CC2(C(=O)OC(C)(C)C)CCCO2)nn1)NC(=O)Cn1ccc(=O)[nH]c1=O. The highest BCUT2D eigenvalue weighted by molar-refractivity contribution is 5.80. The van der Waals surface area contributed by atoms with Crippen molar-refractivity contribution in [3.63, 3.8) is 0 Å². The minimum Gasteiger partial charge on any atom is -0.458 e. The highest BCUT2D eigenvalue weighted by Gasteiger charge is 2.46. The molecule has 0 bridgehead atoms. The van der Waals surface area contributed by atoms with E-state index in [2.05, 4.69) is 20.6 Å². The number of aromatic amines is 1. The third-order valence-corrected chi connectivity index (χ3v) is 5.01. The van der Waals surface area contributed by atoms with E-state index in [1.165, 1.54) is 12.3 Å². The summed E-state index contributed by atoms with van der Waals surface area (Å²) in [4.78, 5) is 50.0. The van der Waals surface area contributed by atoms with Gasteiger partial charge in [0, 0.05) is 37.5 Å². The van der Waals surface area contributed by atoms with E-state index in [1.54, 1.807) is 17.8 Å². The fourth-order valence-corrected chi connectivity index (χ4v) is 3.61. The van der Waals surface area contributed by atoms with Gasteiger partial charge < -0.3 is 14.8 Å². The number of nitrogens with one attached hydrogen (secondary N) is 2. The van der Waals surface area contributed by atoms with Gasteiger partial charge in [0.05, 0.1) is 12.2 Å². The zero-order chi connectivity index (χ0) is 24.2. The molecule has 1 aliphatic rings. The summed E-state index contributed by atoms with van der Waals surface area (Å²) in [5.41, 5.74) is -2.29. The first-order chi connectivity index (χ1) is 15.5. The van der Waals surface area contributed by atoms with E-state index in [0.717, 1.165) is 11.0 Å². The molecule has 12 nitrogen and oxygen atoms in total. The van der Waals surface area contributed by atoms with Crippen molar-refractivity contribution in [2.75, 3.05) is 6.61 Å². The van der Waals surface area contributed by atoms with Crippen LogP contribution >= 0.6 is 0 Å². The van der Waals surface area contributed by atoms with Gasteiger partial charge >= 0.3 is 11.7 Å². The van der Waals surface area contributed by atoms with Crippen molar-refractivity contribution in [3.05, 3.63) is 45.0 Å². The number of rotatable bonds is 8. The molecule has 12 heteroatoms. The fourth-order valence-electron chi connectivity index (χ4n) is 3.61. The van der Waals surface area contributed by atoms with E-state index in [4.69, 9.17) is 9.47 Å². The Labute approximate surface area is 190 Å². The van der Waals surface area contributed by atoms with Gasteiger partial charge in [-0.2, -0.15) is 0 Å². The maximum atomic E-state index is 12.8. The molecule has 2 atom stereocenters. The highest BCUT2D eigenvalue weighted by atomic mass is 16.6. The average molecular weight is 463 g/mol. The topological polar surface area (TPSA) is 150 Å². The van der Waals surface area contributed by atoms with Crippen LogP contribution in [0, 0.1) is 0 Å². The van der Waals surface area contributed by atoms with Crippen LogP contribution in [0.5, 0.6) is 0 Å². The van der Waals surface area contributed by atoms with Gasteiger partial charge in [-0.05, 0) is 40.5 Å². The summed E-state index contributed by atoms with van der Waals surface area (Å²) in [6.07, 6.45) is 4.53. The van der Waals surface area contributed by atoms with E-state index >= 15 is 0 Å². The van der Waals surface area contributed by atoms with E-state index in [0.29, 0.717) is 25.3 Å². The first kappa shape index (κ1) is 24.4. The summed E-state index contributed by atoms with van der Waals surface area (Å²) in [6, 6.07) is 0.862. The maximum Gasteiger partial charge on any atom is 0.339 e. The first-order valence-corrected chi connectivity index (χ1v) is 10.8. The predicted octanol–water partition coefficient (Wildman–Crippen LogP) is -0.234. The quantitative estimate of drug-likeness (QED) is 0.511. The maximum absolute atomic E-state index is 12.8. The molecule has 2 aromatic rings. The number of carbonyl (C=O) groups is 2. The Balaban J connectivity index is 1.58. The molecule has 3 rings (SSSR count). The van der Waals surface area contributed by atoms with Crippen LogP contribution in [-0.2, 0) is 38.6 Å². The van der Waals surface area contributed by atoms with Crippen molar-refractivity contribution in [3.8, 4) is 0 Å². The van der Waals surface area contributed by atoms with Crippen LogP contribution in [0.15, 0.2) is 28.0 Å². The van der Waals surface area contributed by atoms with Crippen molar-refractivity contribution >= 4 is 11.9 Å². The number of nitrogens with zero attached hydrogens (tertiary/aromatic N) is 4. The van der Waals surface area contributed by atoms with Gasteiger partial charge in [-0.3, -0.25) is 23.8 Å². The molecular weight excluding hydrogens is 432 g/mol. The van der Waals surface area contributed by atoms with Crippen LogP contribution in [0.1, 0.15) is 46.2 Å². The lowest BCUT2D eigenvalue weighted by molar-refractivity contribution is -0.178. The second-order valence-electron chi connectivity index (χ2n) is 9.26. The van der Waals surface area contributed by atoms with E-state index < -0.39 is 28.4 Å². The molecule has 1 fully saturated rings. The summed E-state index contributed by atoms with van der Waals surface area (Å²) in [6.45, 7) is 7.82. The summed E-state index contributed by atoms with van der Waals surface area (Å²) < 4.78 is 14.1. The molecule has 0 aliphatic carbocycles. The summed E-state index contributed by atoms with van der Waals surface area (Å²) in [5.74, 6) is -0.791. The van der Waals surface area contributed by atoms with Crippen molar-refractivity contribution < 1.29 is 19.1 Å². The molecule has 180 valence electrons. The Morgan fingerprint density at radius 3 is 2.76 bits per heavy atom. The molecule has 0 aromatic carbocycles. The second-order valence-corrected chi connectivity index (χ2v) is 9.26. The number of hydrogen-bond donors (Lipinski definition) is 2.